The van der Waals surface area contributed by atoms with E-state index >= 15 is 0 Å². The van der Waals surface area contributed by atoms with Gasteiger partial charge in [-0.05, 0) is 66.9 Å². The molecule has 0 atom stereocenters. The van der Waals surface area contributed by atoms with Gasteiger partial charge in [-0.25, -0.2) is 0 Å². The Morgan fingerprint density at radius 1 is 1.21 bits per heavy atom. The van der Waals surface area contributed by atoms with Crippen LogP contribution in [0, 0.1) is 0 Å². The molecule has 3 heterocycles. The van der Waals surface area contributed by atoms with E-state index in [0.717, 1.165) is 37.5 Å². The van der Waals surface area contributed by atoms with Crippen LogP contribution in [0.2, 0.25) is 0 Å². The Bertz CT molecular complexity index is 978. The molecule has 0 bridgehead atoms. The Labute approximate surface area is 164 Å². The number of hydrogen-bond donors (Lipinski definition) is 1. The summed E-state index contributed by atoms with van der Waals surface area (Å²) in [5.41, 5.74) is 5.09. The highest BCUT2D eigenvalue weighted by Crippen LogP contribution is 2.24. The molecule has 0 saturated heterocycles. The van der Waals surface area contributed by atoms with Gasteiger partial charge in [-0.2, -0.15) is 0 Å². The Hall–Kier alpha value is -3.18. The maximum Gasteiger partial charge on any atom is 0.274 e. The van der Waals surface area contributed by atoms with Crippen LogP contribution in [-0.4, -0.2) is 28.9 Å². The van der Waals surface area contributed by atoms with Gasteiger partial charge in [0, 0.05) is 31.5 Å². The fourth-order valence-corrected chi connectivity index (χ4v) is 3.54. The summed E-state index contributed by atoms with van der Waals surface area (Å²) in [5, 5.41) is 2.95. The van der Waals surface area contributed by atoms with E-state index in [0.29, 0.717) is 5.69 Å². The molecule has 4 rings (SSSR count). The molecule has 2 aromatic heterocycles. The quantitative estimate of drug-likeness (QED) is 0.721. The molecule has 28 heavy (non-hydrogen) atoms. The van der Waals surface area contributed by atoms with Crippen LogP contribution in [0.25, 0.3) is 6.08 Å². The second-order valence-electron chi connectivity index (χ2n) is 7.12. The van der Waals surface area contributed by atoms with Crippen molar-refractivity contribution < 1.29 is 9.21 Å². The largest absolute Gasteiger partial charge is 0.465 e. The zero-order valence-corrected chi connectivity index (χ0v) is 15.9. The number of nitrogens with one attached hydrogen (secondary N) is 1. The molecular weight excluding hydrogens is 350 g/mol. The summed E-state index contributed by atoms with van der Waals surface area (Å²) < 4.78 is 5.40. The minimum atomic E-state index is -0.189. The number of fused-ring (bicyclic) bond motifs is 1. The first kappa shape index (κ1) is 18.2. The van der Waals surface area contributed by atoms with Crippen molar-refractivity contribution >= 4 is 17.7 Å². The molecule has 1 amide bonds. The maximum absolute atomic E-state index is 12.3. The SMILES string of the molecule is C/C(=C\c1ccco1)CN1CCc2ccc(NC(=O)c3ccccn3)cc2C1. The van der Waals surface area contributed by atoms with Gasteiger partial charge in [-0.15, -0.1) is 0 Å². The van der Waals surface area contributed by atoms with Gasteiger partial charge in [-0.1, -0.05) is 17.7 Å². The lowest BCUT2D eigenvalue weighted by molar-refractivity contribution is 0.102. The fourth-order valence-electron chi connectivity index (χ4n) is 3.54. The average Bonchev–Trinajstić information content (AvgIpc) is 3.21. The third kappa shape index (κ3) is 4.38. The van der Waals surface area contributed by atoms with Gasteiger partial charge in [-0.3, -0.25) is 14.7 Å². The topological polar surface area (TPSA) is 58.4 Å². The first-order chi connectivity index (χ1) is 13.7. The number of benzene rings is 1. The Kier molecular flexibility index (Phi) is 5.35. The van der Waals surface area contributed by atoms with Crippen LogP contribution in [0.3, 0.4) is 0 Å². The number of carbonyl (C=O) groups excluding carboxylic acids is 1. The van der Waals surface area contributed by atoms with E-state index in [9.17, 15) is 4.79 Å². The predicted octanol–water partition coefficient (Wildman–Crippen LogP) is 4.39. The lowest BCUT2D eigenvalue weighted by Crippen LogP contribution is -2.31. The van der Waals surface area contributed by atoms with Crippen LogP contribution in [0.5, 0.6) is 0 Å². The van der Waals surface area contributed by atoms with Crippen LogP contribution < -0.4 is 5.32 Å². The van der Waals surface area contributed by atoms with Crippen LogP contribution in [-0.2, 0) is 13.0 Å². The number of anilines is 1. The molecule has 1 N–H and O–H groups in total. The predicted molar refractivity (Wildman–Crippen MR) is 110 cm³/mol. The van der Waals surface area contributed by atoms with Crippen molar-refractivity contribution in [1.82, 2.24) is 9.88 Å². The minimum Gasteiger partial charge on any atom is -0.465 e. The lowest BCUT2D eigenvalue weighted by atomic mass is 9.98. The maximum atomic E-state index is 12.3. The minimum absolute atomic E-state index is 0.189. The van der Waals surface area contributed by atoms with Gasteiger partial charge in [0.1, 0.15) is 11.5 Å². The van der Waals surface area contributed by atoms with E-state index < -0.39 is 0 Å². The van der Waals surface area contributed by atoms with Crippen molar-refractivity contribution in [2.24, 2.45) is 0 Å². The molecule has 1 aliphatic heterocycles. The van der Waals surface area contributed by atoms with Gasteiger partial charge >= 0.3 is 0 Å². The summed E-state index contributed by atoms with van der Waals surface area (Å²) in [7, 11) is 0. The number of nitrogens with zero attached hydrogens (tertiary/aromatic N) is 2. The van der Waals surface area contributed by atoms with Gasteiger partial charge in [0.05, 0.1) is 6.26 Å². The van der Waals surface area contributed by atoms with E-state index in [4.69, 9.17) is 4.42 Å². The fraction of sp³-hybridized carbons (Fsp3) is 0.217. The molecule has 0 fully saturated rings. The molecule has 0 spiro atoms. The van der Waals surface area contributed by atoms with Crippen molar-refractivity contribution in [2.75, 3.05) is 18.4 Å². The molecule has 0 unspecified atom stereocenters. The van der Waals surface area contributed by atoms with Crippen molar-refractivity contribution in [3.63, 3.8) is 0 Å². The molecular formula is C23H23N3O2. The van der Waals surface area contributed by atoms with E-state index in [1.165, 1.54) is 16.7 Å². The molecule has 1 aliphatic rings. The Morgan fingerprint density at radius 2 is 2.14 bits per heavy atom. The molecule has 0 aliphatic carbocycles. The molecule has 3 aromatic rings. The molecule has 5 nitrogen and oxygen atoms in total. The molecule has 142 valence electrons. The highest BCUT2D eigenvalue weighted by molar-refractivity contribution is 6.02. The normalized spacial score (nSPS) is 14.5. The Morgan fingerprint density at radius 3 is 2.93 bits per heavy atom. The third-order valence-electron chi connectivity index (χ3n) is 4.86. The van der Waals surface area contributed by atoms with E-state index in [1.807, 2.05) is 24.3 Å². The van der Waals surface area contributed by atoms with Crippen molar-refractivity contribution in [2.45, 2.75) is 19.9 Å². The number of aromatic nitrogens is 1. The first-order valence-electron chi connectivity index (χ1n) is 9.44. The zero-order valence-electron chi connectivity index (χ0n) is 15.9. The van der Waals surface area contributed by atoms with Crippen LogP contribution >= 0.6 is 0 Å². The monoisotopic (exact) mass is 373 g/mol. The summed E-state index contributed by atoms with van der Waals surface area (Å²) in [6, 6.07) is 15.3. The summed E-state index contributed by atoms with van der Waals surface area (Å²) in [4.78, 5) is 18.9. The average molecular weight is 373 g/mol. The zero-order chi connectivity index (χ0) is 19.3. The van der Waals surface area contributed by atoms with Gasteiger partial charge in [0.2, 0.25) is 0 Å². The van der Waals surface area contributed by atoms with Gasteiger partial charge in [0.15, 0.2) is 0 Å². The van der Waals surface area contributed by atoms with Crippen LogP contribution in [0.15, 0.2) is 71.0 Å². The summed E-state index contributed by atoms with van der Waals surface area (Å²) in [6.45, 7) is 4.91. The number of amides is 1. The summed E-state index contributed by atoms with van der Waals surface area (Å²) in [5.74, 6) is 0.694. The number of furan rings is 1. The number of carbonyl (C=O) groups is 1. The highest BCUT2D eigenvalue weighted by atomic mass is 16.3. The molecule has 1 aromatic carbocycles. The van der Waals surface area contributed by atoms with Crippen molar-refractivity contribution in [1.29, 1.82) is 0 Å². The van der Waals surface area contributed by atoms with Crippen molar-refractivity contribution in [3.8, 4) is 0 Å². The smallest absolute Gasteiger partial charge is 0.274 e. The second-order valence-corrected chi connectivity index (χ2v) is 7.12. The van der Waals surface area contributed by atoms with E-state index in [-0.39, 0.29) is 5.91 Å². The van der Waals surface area contributed by atoms with Crippen LogP contribution in [0.1, 0.15) is 34.3 Å². The van der Waals surface area contributed by atoms with Crippen molar-refractivity contribution in [3.05, 3.63) is 89.1 Å². The lowest BCUT2D eigenvalue weighted by Gasteiger charge is -2.29. The molecule has 0 saturated carbocycles. The van der Waals surface area contributed by atoms with Crippen LogP contribution in [0.4, 0.5) is 5.69 Å². The van der Waals surface area contributed by atoms with Gasteiger partial charge < -0.3 is 9.73 Å². The van der Waals surface area contributed by atoms with Gasteiger partial charge in [0.25, 0.3) is 5.91 Å². The number of pyridine rings is 1. The Balaban J connectivity index is 1.43. The third-order valence-corrected chi connectivity index (χ3v) is 4.86. The van der Waals surface area contributed by atoms with E-state index in [2.05, 4.69) is 40.3 Å². The highest BCUT2D eigenvalue weighted by Gasteiger charge is 2.17. The number of rotatable bonds is 5. The standard InChI is InChI=1S/C23H23N3O2/c1-17(13-21-5-4-12-28-21)15-26-11-9-18-7-8-20(14-19(18)16-26)25-23(27)22-6-2-3-10-24-22/h2-8,10,12-14H,9,11,15-16H2,1H3,(H,25,27)/b17-13+. The summed E-state index contributed by atoms with van der Waals surface area (Å²) in [6.07, 6.45) is 6.41. The summed E-state index contributed by atoms with van der Waals surface area (Å²) >= 11 is 0. The molecule has 0 radical (unpaired) electrons. The van der Waals surface area contributed by atoms with E-state index in [1.54, 1.807) is 24.6 Å². The number of hydrogen-bond acceptors (Lipinski definition) is 4. The molecule has 5 heteroatoms. The first-order valence-corrected chi connectivity index (χ1v) is 9.44. The second kappa shape index (κ2) is 8.23.